The van der Waals surface area contributed by atoms with Crippen molar-refractivity contribution in [2.24, 2.45) is 0 Å². The number of ether oxygens (including phenoxy) is 2. The second kappa shape index (κ2) is 14.1. The highest BCUT2D eigenvalue weighted by molar-refractivity contribution is 7.99. The molecule has 0 fully saturated rings. The molecule has 0 unspecified atom stereocenters. The third-order valence-electron chi connectivity index (χ3n) is 7.56. The number of nitrogens with zero attached hydrogens (tertiary/aromatic N) is 4. The summed E-state index contributed by atoms with van der Waals surface area (Å²) in [6.07, 6.45) is 5.08. The van der Waals surface area contributed by atoms with Gasteiger partial charge in [0.25, 0.3) is 11.8 Å². The summed E-state index contributed by atoms with van der Waals surface area (Å²) in [5.41, 5.74) is 4.57. The lowest BCUT2D eigenvalue weighted by atomic mass is 9.93. The van der Waals surface area contributed by atoms with Gasteiger partial charge in [0.1, 0.15) is 11.6 Å². The maximum atomic E-state index is 13.9. The minimum atomic E-state index is -0.599. The van der Waals surface area contributed by atoms with Crippen LogP contribution in [0.1, 0.15) is 31.4 Å². The van der Waals surface area contributed by atoms with Gasteiger partial charge >= 0.3 is 0 Å². The van der Waals surface area contributed by atoms with Crippen LogP contribution in [0.25, 0.3) is 23.0 Å². The van der Waals surface area contributed by atoms with Crippen molar-refractivity contribution in [3.05, 3.63) is 107 Å². The van der Waals surface area contributed by atoms with Crippen LogP contribution in [-0.4, -0.2) is 53.0 Å². The Morgan fingerprint density at radius 3 is 2.36 bits per heavy atom. The Labute approximate surface area is 267 Å². The molecule has 0 spiro atoms. The molecule has 9 heteroatoms. The number of nitriles is 1. The zero-order valence-corrected chi connectivity index (χ0v) is 26.6. The molecule has 8 nitrogen and oxygen atoms in total. The van der Waals surface area contributed by atoms with Gasteiger partial charge in [0, 0.05) is 34.3 Å². The number of hydrogen-bond donors (Lipinski definition) is 0. The molecule has 1 aliphatic rings. The van der Waals surface area contributed by atoms with Gasteiger partial charge in [-0.15, -0.1) is 11.8 Å². The van der Waals surface area contributed by atoms with E-state index in [0.717, 1.165) is 33.9 Å². The average Bonchev–Trinajstić information content (AvgIpc) is 3.50. The second-order valence-corrected chi connectivity index (χ2v) is 11.6. The molecule has 45 heavy (non-hydrogen) atoms. The van der Waals surface area contributed by atoms with Crippen LogP contribution in [0.15, 0.2) is 101 Å². The van der Waals surface area contributed by atoms with Crippen molar-refractivity contribution in [3.63, 3.8) is 0 Å². The lowest BCUT2D eigenvalue weighted by Crippen LogP contribution is -2.43. The Kier molecular flexibility index (Phi) is 9.86. The van der Waals surface area contributed by atoms with Crippen LogP contribution in [0, 0.1) is 11.3 Å². The van der Waals surface area contributed by atoms with Crippen LogP contribution >= 0.6 is 11.8 Å². The normalized spacial score (nSPS) is 14.2. The zero-order valence-electron chi connectivity index (χ0n) is 25.7. The van der Waals surface area contributed by atoms with Crippen molar-refractivity contribution in [2.45, 2.75) is 31.6 Å². The largest absolute Gasteiger partial charge is 0.493 e. The standard InChI is InChI=1S/C36H34N4O4S/c1-5-19-45-29-14-12-26(13-15-29)34-27(23-40(38-34)28-9-7-6-8-10-28)21-30-24(2)31(22-37)36(42)39(35(30)41)18-17-25-11-16-32(43-3)33(20-25)44-4/h6-16,20-21,23H,5,17-19H2,1-4H3/b30-21+. The fourth-order valence-corrected chi connectivity index (χ4v) is 5.89. The molecule has 0 atom stereocenters. The summed E-state index contributed by atoms with van der Waals surface area (Å²) < 4.78 is 12.5. The summed E-state index contributed by atoms with van der Waals surface area (Å²) in [5, 5.41) is 14.9. The van der Waals surface area contributed by atoms with Crippen molar-refractivity contribution in [1.29, 1.82) is 5.26 Å². The van der Waals surface area contributed by atoms with Crippen LogP contribution in [-0.2, 0) is 16.0 Å². The fourth-order valence-electron chi connectivity index (χ4n) is 5.12. The van der Waals surface area contributed by atoms with E-state index in [4.69, 9.17) is 14.6 Å². The Morgan fingerprint density at radius 1 is 0.956 bits per heavy atom. The highest BCUT2D eigenvalue weighted by Crippen LogP contribution is 2.33. The van der Waals surface area contributed by atoms with Crippen molar-refractivity contribution in [2.75, 3.05) is 26.5 Å². The van der Waals surface area contributed by atoms with E-state index < -0.39 is 11.8 Å². The van der Waals surface area contributed by atoms with E-state index in [2.05, 4.69) is 19.1 Å². The molecule has 0 bridgehead atoms. The van der Waals surface area contributed by atoms with E-state index >= 15 is 0 Å². The summed E-state index contributed by atoms with van der Waals surface area (Å²) in [6.45, 7) is 3.89. The SMILES string of the molecule is CCCSc1ccc(-c2nn(-c3ccccc3)cc2/C=C2/C(=O)N(CCc3ccc(OC)c(OC)c3)C(=O)C(C#N)=C2C)cc1. The van der Waals surface area contributed by atoms with Crippen LogP contribution < -0.4 is 9.47 Å². The molecule has 0 saturated heterocycles. The monoisotopic (exact) mass is 618 g/mol. The molecule has 0 saturated carbocycles. The first-order valence-corrected chi connectivity index (χ1v) is 15.7. The molecular weight excluding hydrogens is 584 g/mol. The highest BCUT2D eigenvalue weighted by Gasteiger charge is 2.35. The molecule has 0 radical (unpaired) electrons. The lowest BCUT2D eigenvalue weighted by molar-refractivity contribution is -0.140. The Bertz CT molecular complexity index is 1820. The predicted molar refractivity (Wildman–Crippen MR) is 176 cm³/mol. The number of carbonyl (C=O) groups is 2. The van der Waals surface area contributed by atoms with E-state index in [1.54, 1.807) is 49.7 Å². The van der Waals surface area contributed by atoms with Gasteiger partial charge in [0.2, 0.25) is 0 Å². The topological polar surface area (TPSA) is 97.4 Å². The number of aromatic nitrogens is 2. The zero-order chi connectivity index (χ0) is 31.9. The predicted octanol–water partition coefficient (Wildman–Crippen LogP) is 6.89. The van der Waals surface area contributed by atoms with Gasteiger partial charge in [-0.05, 0) is 79.1 Å². The van der Waals surface area contributed by atoms with Crippen molar-refractivity contribution < 1.29 is 19.1 Å². The van der Waals surface area contributed by atoms with E-state index in [0.29, 0.717) is 34.8 Å². The summed E-state index contributed by atoms with van der Waals surface area (Å²) >= 11 is 1.80. The van der Waals surface area contributed by atoms with Crippen molar-refractivity contribution in [1.82, 2.24) is 14.7 Å². The molecule has 1 aromatic heterocycles. The number of methoxy groups -OCH3 is 2. The summed E-state index contributed by atoms with van der Waals surface area (Å²) in [7, 11) is 3.11. The molecule has 2 amide bonds. The van der Waals surface area contributed by atoms with E-state index in [9.17, 15) is 14.9 Å². The van der Waals surface area contributed by atoms with Crippen LogP contribution in [0.4, 0.5) is 0 Å². The summed E-state index contributed by atoms with van der Waals surface area (Å²) in [6, 6.07) is 25.4. The third kappa shape index (κ3) is 6.71. The molecule has 2 heterocycles. The van der Waals surface area contributed by atoms with E-state index in [-0.39, 0.29) is 17.7 Å². The quantitative estimate of drug-likeness (QED) is 0.103. The number of amides is 2. The number of rotatable bonds is 11. The first-order chi connectivity index (χ1) is 21.9. The van der Waals surface area contributed by atoms with Gasteiger partial charge in [-0.25, -0.2) is 4.68 Å². The van der Waals surface area contributed by atoms with Crippen LogP contribution in [0.3, 0.4) is 0 Å². The van der Waals surface area contributed by atoms with Gasteiger partial charge in [-0.1, -0.05) is 43.3 Å². The van der Waals surface area contributed by atoms with Gasteiger partial charge in [-0.3, -0.25) is 14.5 Å². The average molecular weight is 619 g/mol. The maximum Gasteiger partial charge on any atom is 0.271 e. The third-order valence-corrected chi connectivity index (χ3v) is 8.78. The number of para-hydroxylation sites is 1. The molecule has 3 aromatic carbocycles. The first-order valence-electron chi connectivity index (χ1n) is 14.7. The Morgan fingerprint density at radius 2 is 1.69 bits per heavy atom. The van der Waals surface area contributed by atoms with Crippen molar-refractivity contribution in [3.8, 4) is 34.5 Å². The fraction of sp³-hybridized carbons (Fsp3) is 0.222. The summed E-state index contributed by atoms with van der Waals surface area (Å²) in [5.74, 6) is 1.12. The number of benzene rings is 3. The molecule has 228 valence electrons. The maximum absolute atomic E-state index is 13.9. The van der Waals surface area contributed by atoms with E-state index in [1.165, 1.54) is 4.90 Å². The number of carbonyl (C=O) groups excluding carboxylic acids is 2. The van der Waals surface area contributed by atoms with Gasteiger partial charge in [0.05, 0.1) is 25.6 Å². The van der Waals surface area contributed by atoms with Gasteiger partial charge in [0.15, 0.2) is 11.5 Å². The molecule has 0 N–H and O–H groups in total. The molecule has 0 aliphatic carbocycles. The number of imide groups is 1. The Hall–Kier alpha value is -5.07. The number of thioether (sulfide) groups is 1. The lowest BCUT2D eigenvalue weighted by Gasteiger charge is -2.27. The van der Waals surface area contributed by atoms with Crippen LogP contribution in [0.2, 0.25) is 0 Å². The van der Waals surface area contributed by atoms with Crippen LogP contribution in [0.5, 0.6) is 11.5 Å². The summed E-state index contributed by atoms with van der Waals surface area (Å²) in [4.78, 5) is 29.6. The molecule has 4 aromatic rings. The van der Waals surface area contributed by atoms with Gasteiger partial charge < -0.3 is 9.47 Å². The Balaban J connectivity index is 1.54. The molecular formula is C36H34N4O4S. The first kappa shape index (κ1) is 31.4. The molecule has 5 rings (SSSR count). The minimum absolute atomic E-state index is 0.0533. The second-order valence-electron chi connectivity index (χ2n) is 10.5. The number of hydrogen-bond acceptors (Lipinski definition) is 7. The smallest absolute Gasteiger partial charge is 0.271 e. The van der Waals surface area contributed by atoms with Crippen molar-refractivity contribution >= 4 is 29.7 Å². The molecule has 1 aliphatic heterocycles. The highest BCUT2D eigenvalue weighted by atomic mass is 32.2. The minimum Gasteiger partial charge on any atom is -0.493 e. The van der Waals surface area contributed by atoms with Gasteiger partial charge in [-0.2, -0.15) is 10.4 Å². The van der Waals surface area contributed by atoms with E-state index in [1.807, 2.05) is 66.9 Å².